The summed E-state index contributed by atoms with van der Waals surface area (Å²) in [5.74, 6) is -1.00. The van der Waals surface area contributed by atoms with Crippen molar-refractivity contribution in [3.8, 4) is 0 Å². The Morgan fingerprint density at radius 1 is 1.03 bits per heavy atom. The lowest BCUT2D eigenvalue weighted by Gasteiger charge is -2.40. The number of aliphatic hydroxyl groups is 2. The molecule has 1 heterocycles. The SMILES string of the molecule is CC(C)(O)c1cc2c(cc1F)C(OCC1(CO)CC1)(c1ccc(Cl)cc1)N(Cc1ccc(Cl)cc1)C2=O. The van der Waals surface area contributed by atoms with Gasteiger partial charge in [0.25, 0.3) is 5.91 Å². The lowest BCUT2D eigenvalue weighted by molar-refractivity contribution is -0.129. The molecule has 1 unspecified atom stereocenters. The molecule has 1 atom stereocenters. The fraction of sp³-hybridized carbons (Fsp3) is 0.345. The maximum atomic E-state index is 15.5. The number of carbonyl (C=O) groups is 1. The molecule has 2 aliphatic rings. The minimum Gasteiger partial charge on any atom is -0.396 e. The van der Waals surface area contributed by atoms with Crippen LogP contribution >= 0.6 is 23.2 Å². The number of halogens is 3. The van der Waals surface area contributed by atoms with E-state index in [-0.39, 0.29) is 36.8 Å². The molecule has 37 heavy (non-hydrogen) atoms. The Morgan fingerprint density at radius 3 is 2.16 bits per heavy atom. The average Bonchev–Trinajstić information content (AvgIpc) is 3.61. The van der Waals surface area contributed by atoms with Crippen LogP contribution in [0.4, 0.5) is 4.39 Å². The number of fused-ring (bicyclic) bond motifs is 1. The van der Waals surface area contributed by atoms with E-state index in [9.17, 15) is 15.0 Å². The van der Waals surface area contributed by atoms with Crippen LogP contribution in [-0.4, -0.2) is 34.2 Å². The summed E-state index contributed by atoms with van der Waals surface area (Å²) in [5, 5.41) is 21.6. The molecule has 1 amide bonds. The highest BCUT2D eigenvalue weighted by molar-refractivity contribution is 6.30. The van der Waals surface area contributed by atoms with E-state index in [0.717, 1.165) is 18.4 Å². The third kappa shape index (κ3) is 4.66. The van der Waals surface area contributed by atoms with Crippen LogP contribution in [-0.2, 0) is 22.6 Å². The minimum atomic E-state index is -1.50. The van der Waals surface area contributed by atoms with Crippen molar-refractivity contribution in [2.24, 2.45) is 5.41 Å². The van der Waals surface area contributed by atoms with Gasteiger partial charge in [-0.05, 0) is 68.7 Å². The predicted molar refractivity (Wildman–Crippen MR) is 140 cm³/mol. The van der Waals surface area contributed by atoms with Crippen LogP contribution < -0.4 is 0 Å². The zero-order chi connectivity index (χ0) is 26.6. The number of benzene rings is 3. The first-order valence-electron chi connectivity index (χ1n) is 12.1. The van der Waals surface area contributed by atoms with Crippen LogP contribution in [0.25, 0.3) is 0 Å². The zero-order valence-corrected chi connectivity index (χ0v) is 22.1. The molecule has 1 fully saturated rings. The van der Waals surface area contributed by atoms with Gasteiger partial charge in [-0.3, -0.25) is 9.69 Å². The van der Waals surface area contributed by atoms with Crippen LogP contribution in [0.1, 0.15) is 59.3 Å². The monoisotopic (exact) mass is 543 g/mol. The standard InChI is InChI=1S/C29H28Cl2FNO4/c1-27(2,36)24-13-22-23(14-25(24)32)29(19-5-9-21(31)10-6-19,37-17-28(16-34)11-12-28)33(26(22)35)15-18-3-7-20(30)8-4-18/h3-10,13-14,34,36H,11-12,15-17H2,1-2H3. The van der Waals surface area contributed by atoms with Crippen LogP contribution in [0, 0.1) is 11.2 Å². The van der Waals surface area contributed by atoms with E-state index < -0.39 is 22.6 Å². The molecule has 3 aromatic carbocycles. The first-order chi connectivity index (χ1) is 17.5. The van der Waals surface area contributed by atoms with E-state index >= 15 is 4.39 Å². The number of hydrogen-bond acceptors (Lipinski definition) is 4. The Labute approximate surface area is 225 Å². The summed E-state index contributed by atoms with van der Waals surface area (Å²) in [7, 11) is 0. The average molecular weight is 544 g/mol. The minimum absolute atomic E-state index is 0.0203. The van der Waals surface area contributed by atoms with Gasteiger partial charge in [0.05, 0.1) is 18.8 Å². The third-order valence-electron chi connectivity index (χ3n) is 7.36. The summed E-state index contributed by atoms with van der Waals surface area (Å²) in [6.45, 7) is 3.23. The molecule has 0 radical (unpaired) electrons. The topological polar surface area (TPSA) is 70.0 Å². The van der Waals surface area contributed by atoms with Gasteiger partial charge in [0.15, 0.2) is 5.72 Å². The Bertz CT molecular complexity index is 1330. The van der Waals surface area contributed by atoms with E-state index in [4.69, 9.17) is 27.9 Å². The van der Waals surface area contributed by atoms with Crippen molar-refractivity contribution < 1.29 is 24.1 Å². The van der Waals surface area contributed by atoms with Gasteiger partial charge >= 0.3 is 0 Å². The van der Waals surface area contributed by atoms with Crippen LogP contribution in [0.15, 0.2) is 60.7 Å². The lowest BCUT2D eigenvalue weighted by atomic mass is 9.88. The molecule has 0 aromatic heterocycles. The fourth-order valence-corrected chi connectivity index (χ4v) is 5.15. The molecular weight excluding hydrogens is 516 g/mol. The molecule has 5 rings (SSSR count). The van der Waals surface area contributed by atoms with E-state index in [1.807, 2.05) is 12.1 Å². The Kier molecular flexibility index (Phi) is 6.62. The summed E-state index contributed by atoms with van der Waals surface area (Å²) in [5.41, 5.74) is -1.37. The first kappa shape index (κ1) is 26.1. The molecule has 2 N–H and O–H groups in total. The van der Waals surface area contributed by atoms with Crippen molar-refractivity contribution >= 4 is 29.1 Å². The van der Waals surface area contributed by atoms with Crippen LogP contribution in [0.3, 0.4) is 0 Å². The summed E-state index contributed by atoms with van der Waals surface area (Å²) in [6, 6.07) is 16.8. The van der Waals surface area contributed by atoms with Gasteiger partial charge in [-0.15, -0.1) is 0 Å². The second-order valence-corrected chi connectivity index (χ2v) is 11.4. The van der Waals surface area contributed by atoms with Crippen molar-refractivity contribution in [1.29, 1.82) is 0 Å². The Balaban J connectivity index is 1.73. The smallest absolute Gasteiger partial charge is 0.257 e. The maximum absolute atomic E-state index is 15.5. The van der Waals surface area contributed by atoms with E-state index in [1.54, 1.807) is 41.3 Å². The Hall–Kier alpha value is -2.48. The van der Waals surface area contributed by atoms with Gasteiger partial charge in [-0.1, -0.05) is 47.5 Å². The molecule has 0 spiro atoms. The van der Waals surface area contributed by atoms with Gasteiger partial charge in [0, 0.05) is 44.3 Å². The highest BCUT2D eigenvalue weighted by Gasteiger charge is 2.55. The molecule has 8 heteroatoms. The highest BCUT2D eigenvalue weighted by atomic mass is 35.5. The first-order valence-corrected chi connectivity index (χ1v) is 12.9. The predicted octanol–water partition coefficient (Wildman–Crippen LogP) is 6.01. The fourth-order valence-electron chi connectivity index (χ4n) is 4.90. The van der Waals surface area contributed by atoms with Gasteiger partial charge in [0.2, 0.25) is 0 Å². The van der Waals surface area contributed by atoms with Crippen molar-refractivity contribution in [1.82, 2.24) is 4.90 Å². The molecule has 194 valence electrons. The third-order valence-corrected chi connectivity index (χ3v) is 7.86. The number of carbonyl (C=O) groups excluding carboxylic acids is 1. The summed E-state index contributed by atoms with van der Waals surface area (Å²) >= 11 is 12.3. The van der Waals surface area contributed by atoms with E-state index in [0.29, 0.717) is 21.2 Å². The van der Waals surface area contributed by atoms with E-state index in [2.05, 4.69) is 0 Å². The second kappa shape index (κ2) is 9.37. The summed E-state index contributed by atoms with van der Waals surface area (Å²) in [6.07, 6.45) is 1.59. The van der Waals surface area contributed by atoms with Gasteiger partial charge in [-0.25, -0.2) is 4.39 Å². The Morgan fingerprint density at radius 2 is 1.62 bits per heavy atom. The molecule has 3 aromatic rings. The van der Waals surface area contributed by atoms with Gasteiger partial charge in [0.1, 0.15) is 5.82 Å². The molecule has 5 nitrogen and oxygen atoms in total. The molecule has 1 aliphatic carbocycles. The normalized spacial score (nSPS) is 20.3. The lowest BCUT2D eigenvalue weighted by Crippen LogP contribution is -2.47. The van der Waals surface area contributed by atoms with Crippen LogP contribution in [0.2, 0.25) is 10.0 Å². The van der Waals surface area contributed by atoms with Crippen molar-refractivity contribution in [3.05, 3.63) is 104 Å². The summed E-state index contributed by atoms with van der Waals surface area (Å²) < 4.78 is 22.2. The zero-order valence-electron chi connectivity index (χ0n) is 20.6. The van der Waals surface area contributed by atoms with E-state index in [1.165, 1.54) is 26.0 Å². The summed E-state index contributed by atoms with van der Waals surface area (Å²) in [4.78, 5) is 15.6. The molecule has 0 bridgehead atoms. The van der Waals surface area contributed by atoms with Crippen molar-refractivity contribution in [2.75, 3.05) is 13.2 Å². The quantitative estimate of drug-likeness (QED) is 0.365. The number of nitrogens with zero attached hydrogens (tertiary/aromatic N) is 1. The second-order valence-electron chi connectivity index (χ2n) is 10.6. The molecule has 0 saturated heterocycles. The van der Waals surface area contributed by atoms with Crippen molar-refractivity contribution in [3.63, 3.8) is 0 Å². The number of aliphatic hydroxyl groups excluding tert-OH is 1. The number of ether oxygens (including phenoxy) is 1. The maximum Gasteiger partial charge on any atom is 0.257 e. The van der Waals surface area contributed by atoms with Gasteiger partial charge < -0.3 is 14.9 Å². The number of amides is 1. The largest absolute Gasteiger partial charge is 0.396 e. The van der Waals surface area contributed by atoms with Crippen molar-refractivity contribution in [2.45, 2.75) is 44.6 Å². The highest BCUT2D eigenvalue weighted by Crippen LogP contribution is 2.52. The molecule has 1 saturated carbocycles. The molecule has 1 aliphatic heterocycles. The van der Waals surface area contributed by atoms with Crippen LogP contribution in [0.5, 0.6) is 0 Å². The number of hydrogen-bond donors (Lipinski definition) is 2. The van der Waals surface area contributed by atoms with Gasteiger partial charge in [-0.2, -0.15) is 0 Å². The number of rotatable bonds is 8. The molecular formula is C29H28Cl2FNO4.